The number of nitriles is 1. The van der Waals surface area contributed by atoms with Gasteiger partial charge in [-0.1, -0.05) is 12.1 Å². The van der Waals surface area contributed by atoms with Crippen LogP contribution < -0.4 is 10.6 Å². The molecule has 2 aromatic rings. The van der Waals surface area contributed by atoms with Crippen LogP contribution in [0.3, 0.4) is 0 Å². The zero-order valence-electron chi connectivity index (χ0n) is 13.2. The Morgan fingerprint density at radius 1 is 1.46 bits per heavy atom. The fraction of sp³-hybridized carbons (Fsp3) is 0.471. The Morgan fingerprint density at radius 3 is 3.17 bits per heavy atom. The molecule has 0 radical (unpaired) electrons. The summed E-state index contributed by atoms with van der Waals surface area (Å²) in [4.78, 5) is 18.7. The zero-order valence-corrected chi connectivity index (χ0v) is 13.2. The number of oxazole rings is 1. The second-order valence-corrected chi connectivity index (χ2v) is 6.34. The first-order valence-electron chi connectivity index (χ1n) is 8.30. The molecule has 0 aliphatic carbocycles. The number of carbonyl (C=O) groups excluding carboxylic acids is 1. The van der Waals surface area contributed by atoms with E-state index in [9.17, 15) is 4.79 Å². The van der Waals surface area contributed by atoms with Gasteiger partial charge < -0.3 is 20.0 Å². The molecule has 3 atom stereocenters. The van der Waals surface area contributed by atoms with Crippen LogP contribution in [-0.2, 0) is 4.79 Å². The minimum atomic E-state index is -0.275. The number of aromatic nitrogens is 1. The maximum atomic E-state index is 12.6. The molecule has 0 bridgehead atoms. The molecule has 24 heavy (non-hydrogen) atoms. The number of amides is 1. The number of hydrogen-bond acceptors (Lipinski definition) is 6. The SMILES string of the molecule is N#CC1CCCN1C(=O)[C@@H]1C[C@H](Nc2nc3ccccc3o2)CN1. The zero-order chi connectivity index (χ0) is 16.5. The summed E-state index contributed by atoms with van der Waals surface area (Å²) in [6, 6.07) is 9.86. The normalized spacial score (nSPS) is 26.6. The first-order chi connectivity index (χ1) is 11.7. The van der Waals surface area contributed by atoms with Crippen molar-refractivity contribution in [1.82, 2.24) is 15.2 Å². The van der Waals surface area contributed by atoms with E-state index in [1.165, 1.54) is 0 Å². The molecule has 1 unspecified atom stereocenters. The van der Waals surface area contributed by atoms with Gasteiger partial charge in [0.1, 0.15) is 11.6 Å². The van der Waals surface area contributed by atoms with Crippen LogP contribution in [0.5, 0.6) is 0 Å². The van der Waals surface area contributed by atoms with Gasteiger partial charge in [-0.15, -0.1) is 0 Å². The standard InChI is InChI=1S/C17H19N5O2/c18-9-12-4-3-7-22(12)16(23)14-8-11(10-19-14)20-17-21-13-5-1-2-6-15(13)24-17/h1-2,5-6,11-12,14,19H,3-4,7-8,10H2,(H,20,21)/t11-,12?,14-/m0/s1. The van der Waals surface area contributed by atoms with Crippen molar-refractivity contribution in [2.75, 3.05) is 18.4 Å². The van der Waals surface area contributed by atoms with Crippen molar-refractivity contribution >= 4 is 23.0 Å². The molecular formula is C17H19N5O2. The van der Waals surface area contributed by atoms with E-state index in [-0.39, 0.29) is 24.0 Å². The van der Waals surface area contributed by atoms with E-state index < -0.39 is 0 Å². The van der Waals surface area contributed by atoms with Crippen molar-refractivity contribution in [3.05, 3.63) is 24.3 Å². The third-order valence-corrected chi connectivity index (χ3v) is 4.74. The summed E-state index contributed by atoms with van der Waals surface area (Å²) >= 11 is 0. The Bertz CT molecular complexity index is 763. The lowest BCUT2D eigenvalue weighted by atomic mass is 10.1. The highest BCUT2D eigenvalue weighted by Gasteiger charge is 2.37. The van der Waals surface area contributed by atoms with Gasteiger partial charge in [0.25, 0.3) is 6.01 Å². The van der Waals surface area contributed by atoms with Gasteiger partial charge in [-0.3, -0.25) is 4.79 Å². The predicted octanol–water partition coefficient (Wildman–Crippen LogP) is 1.48. The van der Waals surface area contributed by atoms with Crippen molar-refractivity contribution in [2.45, 2.75) is 37.4 Å². The molecule has 1 aromatic heterocycles. The van der Waals surface area contributed by atoms with E-state index in [4.69, 9.17) is 9.68 Å². The minimum absolute atomic E-state index is 0.0286. The Balaban J connectivity index is 1.39. The lowest BCUT2D eigenvalue weighted by Crippen LogP contribution is -2.45. The summed E-state index contributed by atoms with van der Waals surface area (Å²) in [5, 5.41) is 15.7. The van der Waals surface area contributed by atoms with E-state index in [0.717, 1.165) is 23.9 Å². The molecule has 2 aliphatic rings. The highest BCUT2D eigenvalue weighted by molar-refractivity contribution is 5.83. The Labute approximate surface area is 139 Å². The van der Waals surface area contributed by atoms with Crippen LogP contribution in [0.1, 0.15) is 19.3 Å². The van der Waals surface area contributed by atoms with Crippen LogP contribution in [0.25, 0.3) is 11.1 Å². The fourth-order valence-corrected chi connectivity index (χ4v) is 3.51. The van der Waals surface area contributed by atoms with E-state index in [0.29, 0.717) is 25.5 Å². The fourth-order valence-electron chi connectivity index (χ4n) is 3.51. The lowest BCUT2D eigenvalue weighted by molar-refractivity contribution is -0.133. The predicted molar refractivity (Wildman–Crippen MR) is 88.2 cm³/mol. The maximum Gasteiger partial charge on any atom is 0.295 e. The lowest BCUT2D eigenvalue weighted by Gasteiger charge is -2.23. The van der Waals surface area contributed by atoms with Crippen molar-refractivity contribution in [3.63, 3.8) is 0 Å². The quantitative estimate of drug-likeness (QED) is 0.888. The first-order valence-corrected chi connectivity index (χ1v) is 8.30. The largest absolute Gasteiger partial charge is 0.424 e. The number of carbonyl (C=O) groups is 1. The number of likely N-dealkylation sites (tertiary alicyclic amines) is 1. The van der Waals surface area contributed by atoms with Gasteiger partial charge in [-0.2, -0.15) is 10.2 Å². The molecule has 0 spiro atoms. The maximum absolute atomic E-state index is 12.6. The molecule has 4 rings (SSSR count). The number of rotatable bonds is 3. The topological polar surface area (TPSA) is 94.2 Å². The van der Waals surface area contributed by atoms with Crippen molar-refractivity contribution in [1.29, 1.82) is 5.26 Å². The van der Waals surface area contributed by atoms with Gasteiger partial charge in [0, 0.05) is 19.1 Å². The molecule has 3 heterocycles. The molecule has 2 N–H and O–H groups in total. The van der Waals surface area contributed by atoms with Crippen LogP contribution in [0, 0.1) is 11.3 Å². The van der Waals surface area contributed by atoms with Crippen LogP contribution in [0.2, 0.25) is 0 Å². The summed E-state index contributed by atoms with van der Waals surface area (Å²) in [5.74, 6) is 0.0286. The summed E-state index contributed by atoms with van der Waals surface area (Å²) < 4.78 is 5.67. The molecule has 7 nitrogen and oxygen atoms in total. The Hall–Kier alpha value is -2.59. The van der Waals surface area contributed by atoms with Gasteiger partial charge in [0.05, 0.1) is 12.1 Å². The number of nitrogens with zero attached hydrogens (tertiary/aromatic N) is 3. The van der Waals surface area contributed by atoms with Crippen LogP contribution in [0.15, 0.2) is 28.7 Å². The molecule has 2 fully saturated rings. The van der Waals surface area contributed by atoms with Gasteiger partial charge in [0.15, 0.2) is 5.58 Å². The second-order valence-electron chi connectivity index (χ2n) is 6.34. The molecule has 7 heteroatoms. The first kappa shape index (κ1) is 15.0. The van der Waals surface area contributed by atoms with E-state index in [1.807, 2.05) is 24.3 Å². The third kappa shape index (κ3) is 2.69. The molecular weight excluding hydrogens is 306 g/mol. The van der Waals surface area contributed by atoms with Gasteiger partial charge >= 0.3 is 0 Å². The van der Waals surface area contributed by atoms with E-state index in [1.54, 1.807) is 4.90 Å². The highest BCUT2D eigenvalue weighted by atomic mass is 16.4. The average molecular weight is 325 g/mol. The summed E-state index contributed by atoms with van der Waals surface area (Å²) in [7, 11) is 0. The van der Waals surface area contributed by atoms with Crippen LogP contribution in [-0.4, -0.2) is 47.0 Å². The Morgan fingerprint density at radius 2 is 2.33 bits per heavy atom. The van der Waals surface area contributed by atoms with Crippen LogP contribution >= 0.6 is 0 Å². The van der Waals surface area contributed by atoms with Crippen molar-refractivity contribution in [3.8, 4) is 6.07 Å². The molecule has 2 saturated heterocycles. The number of fused-ring (bicyclic) bond motifs is 1. The monoisotopic (exact) mass is 325 g/mol. The molecule has 1 aromatic carbocycles. The minimum Gasteiger partial charge on any atom is -0.424 e. The molecule has 2 aliphatic heterocycles. The Kier molecular flexibility index (Phi) is 3.82. The van der Waals surface area contributed by atoms with Crippen LogP contribution in [0.4, 0.5) is 6.01 Å². The number of para-hydroxylation sites is 2. The number of hydrogen-bond donors (Lipinski definition) is 2. The van der Waals surface area contributed by atoms with E-state index in [2.05, 4.69) is 21.7 Å². The number of benzene rings is 1. The summed E-state index contributed by atoms with van der Waals surface area (Å²) in [6.45, 7) is 1.35. The average Bonchev–Trinajstić information content (AvgIpc) is 3.32. The molecule has 1 amide bonds. The van der Waals surface area contributed by atoms with Gasteiger partial charge in [0.2, 0.25) is 5.91 Å². The molecule has 0 saturated carbocycles. The second kappa shape index (κ2) is 6.13. The van der Waals surface area contributed by atoms with Gasteiger partial charge in [-0.25, -0.2) is 0 Å². The summed E-state index contributed by atoms with van der Waals surface area (Å²) in [6.07, 6.45) is 2.34. The van der Waals surface area contributed by atoms with Crippen molar-refractivity contribution < 1.29 is 9.21 Å². The number of anilines is 1. The van der Waals surface area contributed by atoms with E-state index >= 15 is 0 Å². The smallest absolute Gasteiger partial charge is 0.295 e. The van der Waals surface area contributed by atoms with Crippen molar-refractivity contribution in [2.24, 2.45) is 0 Å². The number of nitrogens with one attached hydrogen (secondary N) is 2. The third-order valence-electron chi connectivity index (χ3n) is 4.74. The van der Waals surface area contributed by atoms with Gasteiger partial charge in [-0.05, 0) is 31.4 Å². The molecule has 124 valence electrons. The summed E-state index contributed by atoms with van der Waals surface area (Å²) in [5.41, 5.74) is 1.56. The highest BCUT2D eigenvalue weighted by Crippen LogP contribution is 2.23.